The zero-order chi connectivity index (χ0) is 6.85. The van der Waals surface area contributed by atoms with E-state index >= 15 is 0 Å². The van der Waals surface area contributed by atoms with Gasteiger partial charge < -0.3 is 10.8 Å². The lowest BCUT2D eigenvalue weighted by molar-refractivity contribution is 0.198. The Morgan fingerprint density at radius 2 is 2.33 bits per heavy atom. The Kier molecular flexibility index (Phi) is 1.63. The van der Waals surface area contributed by atoms with E-state index < -0.39 is 6.10 Å². The predicted octanol–water partition coefficient (Wildman–Crippen LogP) is 0.174. The summed E-state index contributed by atoms with van der Waals surface area (Å²) in [5.41, 5.74) is 5.25. The molecule has 0 amide bonds. The van der Waals surface area contributed by atoms with Crippen LogP contribution >= 0.6 is 11.3 Å². The van der Waals surface area contributed by atoms with Gasteiger partial charge in [0.05, 0.1) is 0 Å². The van der Waals surface area contributed by atoms with Crippen LogP contribution in [0.3, 0.4) is 0 Å². The van der Waals surface area contributed by atoms with Gasteiger partial charge in [-0.3, -0.25) is 0 Å². The maximum Gasteiger partial charge on any atom is 0.203 e. The SMILES string of the molecule is C[C@H](O)c1nnc(N)s1. The van der Waals surface area contributed by atoms with Gasteiger partial charge in [0.25, 0.3) is 0 Å². The lowest BCUT2D eigenvalue weighted by atomic mass is 10.4. The first kappa shape index (κ1) is 6.44. The van der Waals surface area contributed by atoms with E-state index in [9.17, 15) is 0 Å². The molecule has 0 fully saturated rings. The maximum absolute atomic E-state index is 8.89. The Bertz CT molecular complexity index is 197. The van der Waals surface area contributed by atoms with Gasteiger partial charge in [0.1, 0.15) is 11.1 Å². The van der Waals surface area contributed by atoms with Crippen molar-refractivity contribution in [1.29, 1.82) is 0 Å². The number of nitrogens with zero attached hydrogens (tertiary/aromatic N) is 2. The van der Waals surface area contributed by atoms with Crippen LogP contribution in [0.5, 0.6) is 0 Å². The number of aliphatic hydroxyl groups excluding tert-OH is 1. The summed E-state index contributed by atoms with van der Waals surface area (Å²) in [6, 6.07) is 0. The molecule has 0 saturated carbocycles. The second-order valence-corrected chi connectivity index (χ2v) is 2.70. The molecule has 0 aromatic carbocycles. The van der Waals surface area contributed by atoms with Crippen molar-refractivity contribution >= 4 is 16.5 Å². The van der Waals surface area contributed by atoms with Crippen LogP contribution in [0, 0.1) is 0 Å². The fourth-order valence-electron chi connectivity index (χ4n) is 0.415. The number of hydrogen-bond donors (Lipinski definition) is 2. The van der Waals surface area contributed by atoms with Crippen LogP contribution in [0.4, 0.5) is 5.13 Å². The second kappa shape index (κ2) is 2.28. The van der Waals surface area contributed by atoms with Crippen LogP contribution in [0.2, 0.25) is 0 Å². The Labute approximate surface area is 56.3 Å². The largest absolute Gasteiger partial charge is 0.386 e. The third-order valence-corrected chi connectivity index (χ3v) is 1.74. The Hall–Kier alpha value is -0.680. The van der Waals surface area contributed by atoms with Crippen molar-refractivity contribution in [2.24, 2.45) is 0 Å². The van der Waals surface area contributed by atoms with Crippen LogP contribution < -0.4 is 5.73 Å². The lowest BCUT2D eigenvalue weighted by Gasteiger charge is -1.92. The first-order valence-electron chi connectivity index (χ1n) is 2.47. The molecule has 0 radical (unpaired) electrons. The van der Waals surface area contributed by atoms with Crippen LogP contribution in [0.15, 0.2) is 0 Å². The maximum atomic E-state index is 8.89. The van der Waals surface area contributed by atoms with E-state index in [1.54, 1.807) is 6.92 Å². The van der Waals surface area contributed by atoms with Gasteiger partial charge in [-0.25, -0.2) is 0 Å². The third-order valence-electron chi connectivity index (χ3n) is 0.814. The minimum absolute atomic E-state index is 0.394. The molecule has 0 aliphatic rings. The minimum Gasteiger partial charge on any atom is -0.386 e. The molecular formula is C4H7N3OS. The van der Waals surface area contributed by atoms with E-state index in [2.05, 4.69) is 10.2 Å². The highest BCUT2D eigenvalue weighted by Crippen LogP contribution is 2.17. The molecule has 1 atom stereocenters. The number of aromatic nitrogens is 2. The van der Waals surface area contributed by atoms with Crippen molar-refractivity contribution in [2.45, 2.75) is 13.0 Å². The molecule has 0 aliphatic carbocycles. The van der Waals surface area contributed by atoms with E-state index in [0.29, 0.717) is 10.1 Å². The van der Waals surface area contributed by atoms with Crippen molar-refractivity contribution in [3.63, 3.8) is 0 Å². The van der Waals surface area contributed by atoms with Crippen molar-refractivity contribution in [2.75, 3.05) is 5.73 Å². The molecule has 9 heavy (non-hydrogen) atoms. The number of rotatable bonds is 1. The molecule has 4 nitrogen and oxygen atoms in total. The summed E-state index contributed by atoms with van der Waals surface area (Å²) in [5.74, 6) is 0. The topological polar surface area (TPSA) is 72.0 Å². The van der Waals surface area contributed by atoms with E-state index in [4.69, 9.17) is 10.8 Å². The molecule has 0 bridgehead atoms. The normalized spacial score (nSPS) is 13.6. The summed E-state index contributed by atoms with van der Waals surface area (Å²) >= 11 is 1.20. The van der Waals surface area contributed by atoms with Crippen molar-refractivity contribution in [1.82, 2.24) is 10.2 Å². The van der Waals surface area contributed by atoms with Crippen molar-refractivity contribution < 1.29 is 5.11 Å². The zero-order valence-electron chi connectivity index (χ0n) is 4.90. The summed E-state index contributed by atoms with van der Waals surface area (Å²) in [6.07, 6.45) is -0.556. The fraction of sp³-hybridized carbons (Fsp3) is 0.500. The highest BCUT2D eigenvalue weighted by Gasteiger charge is 2.05. The van der Waals surface area contributed by atoms with Crippen LogP contribution in [-0.2, 0) is 0 Å². The molecule has 5 heteroatoms. The lowest BCUT2D eigenvalue weighted by Crippen LogP contribution is -1.88. The molecule has 1 aromatic rings. The number of aliphatic hydroxyl groups is 1. The first-order chi connectivity index (χ1) is 4.20. The van der Waals surface area contributed by atoms with E-state index in [0.717, 1.165) is 0 Å². The number of hydrogen-bond acceptors (Lipinski definition) is 5. The Balaban J connectivity index is 2.85. The number of nitrogens with two attached hydrogens (primary N) is 1. The highest BCUT2D eigenvalue weighted by molar-refractivity contribution is 7.15. The summed E-state index contributed by atoms with van der Waals surface area (Å²) in [5, 5.41) is 17.0. The van der Waals surface area contributed by atoms with Gasteiger partial charge in [-0.1, -0.05) is 11.3 Å². The molecule has 0 saturated heterocycles. The summed E-state index contributed by atoms with van der Waals surface area (Å²) in [7, 11) is 0. The molecule has 1 heterocycles. The average molecular weight is 145 g/mol. The molecule has 0 unspecified atom stereocenters. The predicted molar refractivity (Wildman–Crippen MR) is 35.0 cm³/mol. The third kappa shape index (κ3) is 1.36. The van der Waals surface area contributed by atoms with Crippen molar-refractivity contribution in [3.8, 4) is 0 Å². The quantitative estimate of drug-likeness (QED) is 0.591. The summed E-state index contributed by atoms with van der Waals surface area (Å²) in [6.45, 7) is 1.62. The Morgan fingerprint density at radius 3 is 2.56 bits per heavy atom. The molecular weight excluding hydrogens is 138 g/mol. The van der Waals surface area contributed by atoms with E-state index in [1.807, 2.05) is 0 Å². The first-order valence-corrected chi connectivity index (χ1v) is 3.28. The van der Waals surface area contributed by atoms with Crippen LogP contribution in [0.1, 0.15) is 18.0 Å². The van der Waals surface area contributed by atoms with Crippen LogP contribution in [-0.4, -0.2) is 15.3 Å². The molecule has 0 spiro atoms. The second-order valence-electron chi connectivity index (χ2n) is 1.65. The van der Waals surface area contributed by atoms with E-state index in [-0.39, 0.29) is 0 Å². The smallest absolute Gasteiger partial charge is 0.203 e. The van der Waals surface area contributed by atoms with Gasteiger partial charge in [0.15, 0.2) is 0 Å². The van der Waals surface area contributed by atoms with Gasteiger partial charge >= 0.3 is 0 Å². The van der Waals surface area contributed by atoms with Crippen LogP contribution in [0.25, 0.3) is 0 Å². The standard InChI is InChI=1S/C4H7N3OS/c1-2(8)3-6-7-4(5)9-3/h2,8H,1H3,(H2,5,7)/t2-/m0/s1. The zero-order valence-corrected chi connectivity index (χ0v) is 5.72. The minimum atomic E-state index is -0.556. The van der Waals surface area contributed by atoms with Gasteiger partial charge in [0, 0.05) is 0 Å². The fourth-order valence-corrected chi connectivity index (χ4v) is 0.963. The summed E-state index contributed by atoms with van der Waals surface area (Å²) in [4.78, 5) is 0. The van der Waals surface area contributed by atoms with Gasteiger partial charge in [-0.15, -0.1) is 10.2 Å². The van der Waals surface area contributed by atoms with Gasteiger partial charge in [-0.05, 0) is 6.92 Å². The molecule has 50 valence electrons. The van der Waals surface area contributed by atoms with Gasteiger partial charge in [0.2, 0.25) is 5.13 Å². The Morgan fingerprint density at radius 1 is 1.67 bits per heavy atom. The molecule has 3 N–H and O–H groups in total. The van der Waals surface area contributed by atoms with Gasteiger partial charge in [-0.2, -0.15) is 0 Å². The monoisotopic (exact) mass is 145 g/mol. The number of anilines is 1. The average Bonchev–Trinajstić information content (AvgIpc) is 2.14. The summed E-state index contributed by atoms with van der Waals surface area (Å²) < 4.78 is 0. The molecule has 1 aromatic heterocycles. The number of nitrogen functional groups attached to an aromatic ring is 1. The van der Waals surface area contributed by atoms with Crippen molar-refractivity contribution in [3.05, 3.63) is 5.01 Å². The molecule has 0 aliphatic heterocycles. The highest BCUT2D eigenvalue weighted by atomic mass is 32.1. The molecule has 1 rings (SSSR count). The van der Waals surface area contributed by atoms with E-state index in [1.165, 1.54) is 11.3 Å².